The number of aliphatic hydroxyl groups excluding tert-OH is 1. The molecule has 1 amide bonds. The molecule has 2 heterocycles. The Kier molecular flexibility index (Phi) is 4.99. The zero-order valence-corrected chi connectivity index (χ0v) is 15.7. The number of β-amino-alcohol motifs (C(OH)–C–C–N with tert-alkyl or cyclic N) is 1. The summed E-state index contributed by atoms with van der Waals surface area (Å²) in [6.45, 7) is 0.179. The molecule has 1 saturated heterocycles. The Bertz CT molecular complexity index is 1020. The second-order valence-corrected chi connectivity index (χ2v) is 7.42. The van der Waals surface area contributed by atoms with Crippen molar-refractivity contribution in [2.24, 2.45) is 11.5 Å². The van der Waals surface area contributed by atoms with Gasteiger partial charge in [-0.2, -0.15) is 0 Å². The highest BCUT2D eigenvalue weighted by Gasteiger charge is 2.47. The van der Waals surface area contributed by atoms with Crippen LogP contribution in [0.4, 0.5) is 9.18 Å². The van der Waals surface area contributed by atoms with E-state index in [1.165, 1.54) is 17.0 Å². The van der Waals surface area contributed by atoms with Gasteiger partial charge in [0.2, 0.25) is 0 Å². The van der Waals surface area contributed by atoms with Crippen molar-refractivity contribution in [1.82, 2.24) is 9.88 Å². The van der Waals surface area contributed by atoms with Gasteiger partial charge in [-0.3, -0.25) is 4.90 Å². The van der Waals surface area contributed by atoms with Crippen molar-refractivity contribution in [2.45, 2.75) is 30.8 Å². The average molecular weight is 398 g/mol. The molecule has 2 unspecified atom stereocenters. The fourth-order valence-corrected chi connectivity index (χ4v) is 3.91. The van der Waals surface area contributed by atoms with Gasteiger partial charge < -0.3 is 26.3 Å². The molecule has 1 aliphatic rings. The zero-order valence-electron chi connectivity index (χ0n) is 15.7. The van der Waals surface area contributed by atoms with E-state index in [1.807, 2.05) is 30.3 Å². The maximum Gasteiger partial charge on any atom is 0.410 e. The quantitative estimate of drug-likeness (QED) is 0.502. The van der Waals surface area contributed by atoms with Crippen LogP contribution in [0.1, 0.15) is 17.5 Å². The van der Waals surface area contributed by atoms with E-state index < -0.39 is 23.9 Å². The summed E-state index contributed by atoms with van der Waals surface area (Å²) in [6, 6.07) is 12.9. The molecular weight excluding hydrogens is 375 g/mol. The van der Waals surface area contributed by atoms with E-state index in [9.17, 15) is 14.3 Å². The second kappa shape index (κ2) is 7.47. The Morgan fingerprint density at radius 3 is 2.79 bits per heavy atom. The van der Waals surface area contributed by atoms with E-state index in [-0.39, 0.29) is 25.4 Å². The number of hydrogen-bond acceptors (Lipinski definition) is 5. The van der Waals surface area contributed by atoms with Crippen molar-refractivity contribution >= 4 is 17.0 Å². The number of halogens is 1. The number of aliphatic hydroxyl groups is 1. The van der Waals surface area contributed by atoms with Gasteiger partial charge in [-0.05, 0) is 30.2 Å². The molecule has 152 valence electrons. The third-order valence-corrected chi connectivity index (χ3v) is 5.38. The van der Waals surface area contributed by atoms with Crippen LogP contribution >= 0.6 is 0 Å². The number of benzene rings is 2. The highest BCUT2D eigenvalue weighted by Crippen LogP contribution is 2.34. The minimum atomic E-state index is -1.47. The van der Waals surface area contributed by atoms with Crippen LogP contribution in [0, 0.1) is 5.82 Å². The second-order valence-electron chi connectivity index (χ2n) is 7.42. The van der Waals surface area contributed by atoms with Gasteiger partial charge in [-0.25, -0.2) is 9.18 Å². The largest absolute Gasteiger partial charge is 0.445 e. The lowest BCUT2D eigenvalue weighted by molar-refractivity contribution is 0.0747. The third kappa shape index (κ3) is 3.69. The van der Waals surface area contributed by atoms with Crippen molar-refractivity contribution in [3.05, 3.63) is 71.7 Å². The van der Waals surface area contributed by atoms with Crippen molar-refractivity contribution in [3.8, 4) is 0 Å². The summed E-state index contributed by atoms with van der Waals surface area (Å²) < 4.78 is 18.9. The lowest BCUT2D eigenvalue weighted by Gasteiger charge is -2.36. The molecule has 2 atom stereocenters. The number of nitrogens with two attached hydrogens (primary N) is 2. The van der Waals surface area contributed by atoms with E-state index in [0.29, 0.717) is 16.5 Å². The number of nitrogens with one attached hydrogen (secondary N) is 1. The van der Waals surface area contributed by atoms with Crippen LogP contribution in [0.15, 0.2) is 54.7 Å². The van der Waals surface area contributed by atoms with Crippen LogP contribution in [0.2, 0.25) is 0 Å². The fraction of sp³-hybridized carbons (Fsp3) is 0.286. The van der Waals surface area contributed by atoms with Crippen molar-refractivity contribution in [1.29, 1.82) is 0 Å². The average Bonchev–Trinajstić information content (AvgIpc) is 3.31. The molecular formula is C21H23FN4O3. The van der Waals surface area contributed by atoms with Gasteiger partial charge in [0, 0.05) is 22.7 Å². The van der Waals surface area contributed by atoms with Gasteiger partial charge >= 0.3 is 6.09 Å². The lowest BCUT2D eigenvalue weighted by Crippen LogP contribution is -2.61. The van der Waals surface area contributed by atoms with E-state index in [2.05, 4.69) is 4.98 Å². The maximum atomic E-state index is 13.5. The Hall–Kier alpha value is -2.94. The molecule has 1 fully saturated rings. The summed E-state index contributed by atoms with van der Waals surface area (Å²) in [4.78, 5) is 17.1. The van der Waals surface area contributed by atoms with Crippen LogP contribution in [0.5, 0.6) is 0 Å². The summed E-state index contributed by atoms with van der Waals surface area (Å²) in [6.07, 6.45) is 0.462. The molecule has 6 N–H and O–H groups in total. The van der Waals surface area contributed by atoms with Gasteiger partial charge in [0.05, 0.1) is 18.7 Å². The number of ether oxygens (including phenoxy) is 1. The first-order valence-electron chi connectivity index (χ1n) is 9.36. The molecule has 0 aliphatic carbocycles. The van der Waals surface area contributed by atoms with Gasteiger partial charge in [0.1, 0.15) is 18.1 Å². The number of rotatable bonds is 4. The number of H-pyrrole nitrogens is 1. The summed E-state index contributed by atoms with van der Waals surface area (Å²) in [7, 11) is 0. The Morgan fingerprint density at radius 2 is 2.03 bits per heavy atom. The first-order valence-corrected chi connectivity index (χ1v) is 9.36. The number of fused-ring (bicyclic) bond motifs is 1. The highest BCUT2D eigenvalue weighted by atomic mass is 19.1. The van der Waals surface area contributed by atoms with Crippen LogP contribution in [-0.2, 0) is 17.0 Å². The minimum absolute atomic E-state index is 0.0748. The van der Waals surface area contributed by atoms with E-state index in [1.54, 1.807) is 12.3 Å². The predicted octanol–water partition coefficient (Wildman–Crippen LogP) is 2.15. The maximum absolute atomic E-state index is 13.5. The first kappa shape index (κ1) is 19.4. The molecule has 3 aromatic rings. The molecule has 1 aliphatic heterocycles. The monoisotopic (exact) mass is 398 g/mol. The van der Waals surface area contributed by atoms with Gasteiger partial charge in [0.25, 0.3) is 0 Å². The normalized spacial score (nSPS) is 19.7. The molecule has 0 radical (unpaired) electrons. The van der Waals surface area contributed by atoms with Crippen LogP contribution in [0.25, 0.3) is 10.9 Å². The van der Waals surface area contributed by atoms with Gasteiger partial charge in [0.15, 0.2) is 0 Å². The van der Waals surface area contributed by atoms with E-state index in [0.717, 1.165) is 5.56 Å². The van der Waals surface area contributed by atoms with E-state index >= 15 is 0 Å². The molecule has 29 heavy (non-hydrogen) atoms. The molecule has 1 aromatic heterocycles. The van der Waals surface area contributed by atoms with Crippen molar-refractivity contribution in [2.75, 3.05) is 6.54 Å². The summed E-state index contributed by atoms with van der Waals surface area (Å²) in [5.41, 5.74) is 13.5. The molecule has 0 spiro atoms. The van der Waals surface area contributed by atoms with Crippen molar-refractivity contribution < 1.29 is 19.0 Å². The van der Waals surface area contributed by atoms with Crippen LogP contribution < -0.4 is 11.5 Å². The topological polar surface area (TPSA) is 118 Å². The summed E-state index contributed by atoms with van der Waals surface area (Å²) in [5.74, 6) is -0.382. The molecule has 4 rings (SSSR count). The number of likely N-dealkylation sites (tertiary alicyclic amines) is 1. The van der Waals surface area contributed by atoms with Gasteiger partial charge in [-0.1, -0.05) is 30.3 Å². The summed E-state index contributed by atoms with van der Waals surface area (Å²) >= 11 is 0. The highest BCUT2D eigenvalue weighted by molar-refractivity contribution is 5.84. The SMILES string of the molecule is NC(N)(c1c[nH]c2cc(F)ccc12)C1CC(O)CN1C(=O)OCc1ccccc1. The number of aromatic nitrogens is 1. The fourth-order valence-electron chi connectivity index (χ4n) is 3.91. The smallest absolute Gasteiger partial charge is 0.410 e. The molecule has 0 bridgehead atoms. The number of aromatic amines is 1. The standard InChI is InChI=1S/C21H23FN4O3/c22-14-6-7-16-17(10-25-18(16)8-14)21(23,24)19-9-15(27)11-26(19)20(28)29-12-13-4-2-1-3-5-13/h1-8,10,15,19,25,27H,9,11-12,23-24H2. The summed E-state index contributed by atoms with van der Waals surface area (Å²) in [5, 5.41) is 10.9. The number of nitrogens with zero attached hydrogens (tertiary/aromatic N) is 1. The van der Waals surface area contributed by atoms with Crippen LogP contribution in [0.3, 0.4) is 0 Å². The van der Waals surface area contributed by atoms with Crippen molar-refractivity contribution in [3.63, 3.8) is 0 Å². The number of amides is 1. The molecule has 2 aromatic carbocycles. The number of carbonyl (C=O) groups excluding carboxylic acids is 1. The molecule has 8 heteroatoms. The number of hydrogen-bond donors (Lipinski definition) is 4. The third-order valence-electron chi connectivity index (χ3n) is 5.38. The van der Waals surface area contributed by atoms with Gasteiger partial charge in [-0.15, -0.1) is 0 Å². The Morgan fingerprint density at radius 1 is 1.28 bits per heavy atom. The molecule has 7 nitrogen and oxygen atoms in total. The minimum Gasteiger partial charge on any atom is -0.445 e. The Labute approximate surface area is 167 Å². The molecule has 0 saturated carbocycles. The first-order chi connectivity index (χ1) is 13.9. The Balaban J connectivity index is 1.58. The van der Waals surface area contributed by atoms with Crippen LogP contribution in [-0.4, -0.2) is 39.8 Å². The lowest BCUT2D eigenvalue weighted by atomic mass is 9.91. The van der Waals surface area contributed by atoms with E-state index in [4.69, 9.17) is 16.2 Å². The number of carbonyl (C=O) groups is 1. The zero-order chi connectivity index (χ0) is 20.6. The predicted molar refractivity (Wildman–Crippen MR) is 106 cm³/mol.